The molecule has 1 aromatic heterocycles. The number of guanidine groups is 1. The van der Waals surface area contributed by atoms with Gasteiger partial charge in [0.1, 0.15) is 60.1 Å². The number of aliphatic carboxylic acids is 1. The van der Waals surface area contributed by atoms with Crippen molar-refractivity contribution in [2.45, 2.75) is 152 Å². The van der Waals surface area contributed by atoms with E-state index in [0.29, 0.717) is 29.7 Å². The summed E-state index contributed by atoms with van der Waals surface area (Å²) in [6.45, 7) is 6.34. The number of carboxylic acid groups (broad SMARTS) is 1. The van der Waals surface area contributed by atoms with Crippen molar-refractivity contribution in [2.24, 2.45) is 33.8 Å². The predicted molar refractivity (Wildman–Crippen MR) is 303 cm³/mol. The maximum absolute atomic E-state index is 14.6. The summed E-state index contributed by atoms with van der Waals surface area (Å²) in [7, 11) is 0. The number of imidazole rings is 1. The molecule has 2 aliphatic heterocycles. The first-order valence-corrected chi connectivity index (χ1v) is 27.7. The summed E-state index contributed by atoms with van der Waals surface area (Å²) in [6.07, 6.45) is 3.27. The fourth-order valence-corrected chi connectivity index (χ4v) is 9.68. The third-order valence-corrected chi connectivity index (χ3v) is 14.2. The number of aromatic hydroxyl groups is 1. The molecule has 84 heavy (non-hydrogen) atoms. The Morgan fingerprint density at radius 1 is 0.643 bits per heavy atom. The molecule has 2 fully saturated rings. The monoisotopic (exact) mass is 1170 g/mol. The molecule has 0 saturated carbocycles. The van der Waals surface area contributed by atoms with Crippen LogP contribution in [0.25, 0.3) is 0 Å². The van der Waals surface area contributed by atoms with Crippen molar-refractivity contribution in [3.63, 3.8) is 0 Å². The molecule has 2 aliphatic rings. The zero-order valence-electron chi connectivity index (χ0n) is 47.4. The van der Waals surface area contributed by atoms with Crippen LogP contribution in [0.4, 0.5) is 0 Å². The van der Waals surface area contributed by atoms with Crippen LogP contribution in [-0.4, -0.2) is 181 Å². The van der Waals surface area contributed by atoms with Gasteiger partial charge in [-0.15, -0.1) is 0 Å². The van der Waals surface area contributed by atoms with E-state index in [0.717, 1.165) is 0 Å². The molecule has 3 aromatic rings. The first-order chi connectivity index (χ1) is 39.8. The molecule has 10 atom stereocenters. The molecule has 456 valence electrons. The van der Waals surface area contributed by atoms with Crippen LogP contribution in [-0.2, 0) is 72.0 Å². The molecule has 0 spiro atoms. The molecule has 0 bridgehead atoms. The van der Waals surface area contributed by atoms with Gasteiger partial charge in [0.25, 0.3) is 0 Å². The van der Waals surface area contributed by atoms with E-state index in [-0.39, 0.29) is 76.3 Å². The van der Waals surface area contributed by atoms with E-state index in [9.17, 15) is 63.0 Å². The van der Waals surface area contributed by atoms with E-state index in [1.807, 2.05) is 0 Å². The molecular weight excluding hydrogens is 1090 g/mol. The van der Waals surface area contributed by atoms with Gasteiger partial charge in [-0.05, 0) is 81.5 Å². The van der Waals surface area contributed by atoms with E-state index < -0.39 is 138 Å². The van der Waals surface area contributed by atoms with E-state index in [1.165, 1.54) is 60.4 Å². The second kappa shape index (κ2) is 31.3. The van der Waals surface area contributed by atoms with E-state index in [1.54, 1.807) is 44.2 Å². The van der Waals surface area contributed by atoms with Crippen molar-refractivity contribution in [1.29, 1.82) is 0 Å². The number of primary amides is 1. The number of hydrogen-bond donors (Lipinski definition) is 14. The van der Waals surface area contributed by atoms with Crippen molar-refractivity contribution in [3.8, 4) is 5.75 Å². The summed E-state index contributed by atoms with van der Waals surface area (Å²) in [6, 6.07) is 1.24. The van der Waals surface area contributed by atoms with Gasteiger partial charge < -0.3 is 85.1 Å². The van der Waals surface area contributed by atoms with E-state index >= 15 is 0 Å². The van der Waals surface area contributed by atoms with Gasteiger partial charge in [0.2, 0.25) is 59.1 Å². The van der Waals surface area contributed by atoms with E-state index in [4.69, 9.17) is 22.9 Å². The van der Waals surface area contributed by atoms with Crippen molar-refractivity contribution in [1.82, 2.24) is 57.0 Å². The minimum Gasteiger partial charge on any atom is -0.508 e. The number of rotatable bonds is 30. The normalized spacial score (nSPS) is 17.6. The number of nitrogens with two attached hydrogens (primary N) is 4. The number of likely N-dealkylation sites (tertiary alicyclic amines) is 2. The molecule has 18 N–H and O–H groups in total. The SMILES string of the molecule is CC(C)[C@H](NC(=O)[C@H](C)NC(=O)[C@H](C)NC(=O)[C@H](CCCN=C(N)N)NC(=O)[C@H](CC(N)=O)NC(=O)[C@H](Cc1ccc(O)cc1)NC(=O)[C@H](Cc1ccccc1)NC(=O)[C@@H]1CCCN1C(=O)[C@@H](N)Cc1cnc[nH]1)C(=O)N1CCC[C@H]1C(=O)O. The van der Waals surface area contributed by atoms with E-state index in [2.05, 4.69) is 52.2 Å². The summed E-state index contributed by atoms with van der Waals surface area (Å²) in [5, 5.41) is 37.7. The highest BCUT2D eigenvalue weighted by Gasteiger charge is 2.41. The maximum atomic E-state index is 14.6. The second-order valence-electron chi connectivity index (χ2n) is 21.2. The molecule has 2 aromatic carbocycles. The number of amides is 10. The van der Waals surface area contributed by atoms with Crippen LogP contribution in [0.3, 0.4) is 0 Å². The highest BCUT2D eigenvalue weighted by atomic mass is 16.4. The lowest BCUT2D eigenvalue weighted by Crippen LogP contribution is -2.61. The number of aromatic nitrogens is 2. The molecule has 29 heteroatoms. The highest BCUT2D eigenvalue weighted by Crippen LogP contribution is 2.22. The van der Waals surface area contributed by atoms with Crippen molar-refractivity contribution in [2.75, 3.05) is 19.6 Å². The summed E-state index contributed by atoms with van der Waals surface area (Å²) in [5.41, 5.74) is 24.5. The molecule has 29 nitrogen and oxygen atoms in total. The van der Waals surface area contributed by atoms with Crippen LogP contribution in [0, 0.1) is 5.92 Å². The lowest BCUT2D eigenvalue weighted by Gasteiger charge is -2.30. The van der Waals surface area contributed by atoms with Crippen molar-refractivity contribution >= 4 is 71.0 Å². The van der Waals surface area contributed by atoms with Crippen LogP contribution < -0.4 is 60.2 Å². The summed E-state index contributed by atoms with van der Waals surface area (Å²) in [4.78, 5) is 163. The van der Waals surface area contributed by atoms with Gasteiger partial charge in [0.15, 0.2) is 5.96 Å². The van der Waals surface area contributed by atoms with Gasteiger partial charge in [-0.2, -0.15) is 0 Å². The standard InChI is InChI=1S/C55H78N16O13/c1-29(2)44(53(82)71-22-10-15-42(71)54(83)84)69-46(75)31(4)63-45(74)30(3)64-47(76)37(13-8-20-61-55(58)59)65-50(79)40(26-43(57)73)67-48(77)38(24-33-16-18-35(72)19-17-33)66-49(78)39(23-32-11-6-5-7-12-32)68-51(80)41-14-9-21-70(41)52(81)36(56)25-34-27-60-28-62-34/h5-7,11-12,16-19,27-31,36-42,44,72H,8-10,13-15,20-26,56H2,1-4H3,(H2,57,73)(H,60,62)(H,63,74)(H,64,76)(H,65,79)(H,66,78)(H,67,77)(H,68,80)(H,69,75)(H,83,84)(H4,58,59,61)/t30-,31-,36-,37-,38-,39-,40-,41-,42-,44-/m0/s1. The Balaban J connectivity index is 1.32. The Labute approximate surface area is 485 Å². The first kappa shape index (κ1) is 65.7. The van der Waals surface area contributed by atoms with Crippen LogP contribution in [0.1, 0.15) is 89.5 Å². The van der Waals surface area contributed by atoms with Crippen molar-refractivity contribution < 1.29 is 63.0 Å². The van der Waals surface area contributed by atoms with Crippen molar-refractivity contribution in [3.05, 3.63) is 83.9 Å². The number of aromatic amines is 1. The predicted octanol–water partition coefficient (Wildman–Crippen LogP) is -3.44. The Bertz CT molecular complexity index is 2830. The second-order valence-corrected chi connectivity index (χ2v) is 21.2. The number of carboxylic acids is 1. The lowest BCUT2D eigenvalue weighted by molar-refractivity contribution is -0.150. The Morgan fingerprint density at radius 3 is 1.74 bits per heavy atom. The van der Waals surface area contributed by atoms with Gasteiger partial charge in [-0.25, -0.2) is 9.78 Å². The quantitative estimate of drug-likeness (QED) is 0.0175. The smallest absolute Gasteiger partial charge is 0.326 e. The number of nitrogens with one attached hydrogen (secondary N) is 8. The number of phenolic OH excluding ortho intramolecular Hbond substituents is 1. The van der Waals surface area contributed by atoms with Crippen LogP contribution in [0.15, 0.2) is 72.1 Å². The van der Waals surface area contributed by atoms with Gasteiger partial charge in [-0.3, -0.25) is 52.9 Å². The Kier molecular flexibility index (Phi) is 24.5. The largest absolute Gasteiger partial charge is 0.508 e. The Morgan fingerprint density at radius 2 is 1.17 bits per heavy atom. The maximum Gasteiger partial charge on any atom is 0.326 e. The molecule has 2 saturated heterocycles. The number of phenols is 1. The fraction of sp³-hybridized carbons (Fsp3) is 0.509. The minimum atomic E-state index is -1.80. The van der Waals surface area contributed by atoms with Crippen LogP contribution in [0.5, 0.6) is 5.75 Å². The number of nitrogens with zero attached hydrogens (tertiary/aromatic N) is 4. The number of carbonyl (C=O) groups is 11. The zero-order valence-corrected chi connectivity index (χ0v) is 47.4. The molecule has 0 aliphatic carbocycles. The molecule has 5 rings (SSSR count). The molecule has 10 amide bonds. The zero-order chi connectivity index (χ0) is 61.8. The van der Waals surface area contributed by atoms with Gasteiger partial charge >= 0.3 is 5.97 Å². The third kappa shape index (κ3) is 19.5. The number of H-pyrrole nitrogens is 1. The average molecular weight is 1170 g/mol. The number of aliphatic imine (C=N–C) groups is 1. The summed E-state index contributed by atoms with van der Waals surface area (Å²) < 4.78 is 0. The number of hydrogen-bond acceptors (Lipinski definition) is 15. The van der Waals surface area contributed by atoms with Gasteiger partial charge in [-0.1, -0.05) is 56.3 Å². The molecule has 0 radical (unpaired) electrons. The first-order valence-electron chi connectivity index (χ1n) is 27.7. The lowest BCUT2D eigenvalue weighted by atomic mass is 10.0. The third-order valence-electron chi connectivity index (χ3n) is 14.2. The van der Waals surface area contributed by atoms with Gasteiger partial charge in [0, 0.05) is 50.8 Å². The minimum absolute atomic E-state index is 0.0249. The number of benzene rings is 2. The summed E-state index contributed by atoms with van der Waals surface area (Å²) >= 11 is 0. The molecular formula is C55H78N16O13. The average Bonchev–Trinajstić information content (AvgIpc) is 4.46. The highest BCUT2D eigenvalue weighted by molar-refractivity contribution is 5.99. The summed E-state index contributed by atoms with van der Waals surface area (Å²) in [5.74, 6) is -10.4. The van der Waals surface area contributed by atoms with Crippen LogP contribution >= 0.6 is 0 Å². The topological polar surface area (TPSA) is 464 Å². The van der Waals surface area contributed by atoms with Gasteiger partial charge in [0.05, 0.1) is 18.8 Å². The molecule has 3 heterocycles. The fourth-order valence-electron chi connectivity index (χ4n) is 9.68. The molecule has 0 unspecified atom stereocenters. The Hall–Kier alpha value is -9.15. The number of carbonyl (C=O) groups excluding carboxylic acids is 10. The van der Waals surface area contributed by atoms with Crippen LogP contribution in [0.2, 0.25) is 0 Å².